The second kappa shape index (κ2) is 9.46. The minimum absolute atomic E-state index is 0.0460. The molecule has 1 aliphatic heterocycles. The average molecular weight is 438 g/mol. The van der Waals surface area contributed by atoms with Crippen molar-refractivity contribution in [2.24, 2.45) is 5.41 Å². The lowest BCUT2D eigenvalue weighted by atomic mass is 9.96. The molecule has 2 aromatic rings. The third kappa shape index (κ3) is 5.05. The van der Waals surface area contributed by atoms with Gasteiger partial charge in [0.15, 0.2) is 0 Å². The van der Waals surface area contributed by atoms with Gasteiger partial charge in [-0.15, -0.1) is 0 Å². The molecule has 4 atom stereocenters. The first-order valence-electron chi connectivity index (χ1n) is 11.6. The SMILES string of the molecule is CCC(C#CC(C)(C)C)N1[C@H](C[C@H](C)n2c(=O)c(C(=O)O)nc3ccccc32)CC[C@@H]1C. The van der Waals surface area contributed by atoms with Crippen molar-refractivity contribution < 1.29 is 9.90 Å². The Morgan fingerprint density at radius 2 is 1.97 bits per heavy atom. The lowest BCUT2D eigenvalue weighted by Gasteiger charge is -2.35. The van der Waals surface area contributed by atoms with E-state index in [9.17, 15) is 14.7 Å². The molecule has 0 saturated carbocycles. The second-order valence-electron chi connectivity index (χ2n) is 9.98. The molecule has 1 saturated heterocycles. The summed E-state index contributed by atoms with van der Waals surface area (Å²) >= 11 is 0. The van der Waals surface area contributed by atoms with E-state index in [0.29, 0.717) is 17.1 Å². The Bertz CT molecular complexity index is 1100. The van der Waals surface area contributed by atoms with Gasteiger partial charge in [0.05, 0.1) is 17.1 Å². The van der Waals surface area contributed by atoms with E-state index in [1.165, 1.54) is 0 Å². The molecule has 6 heteroatoms. The number of aromatic nitrogens is 2. The van der Waals surface area contributed by atoms with Gasteiger partial charge in [-0.3, -0.25) is 9.69 Å². The lowest BCUT2D eigenvalue weighted by molar-refractivity contribution is 0.0687. The van der Waals surface area contributed by atoms with Crippen LogP contribution in [0.5, 0.6) is 0 Å². The molecule has 0 spiro atoms. The Kier molecular flexibility index (Phi) is 7.09. The molecular weight excluding hydrogens is 402 g/mol. The summed E-state index contributed by atoms with van der Waals surface area (Å²) in [7, 11) is 0. The largest absolute Gasteiger partial charge is 0.476 e. The monoisotopic (exact) mass is 437 g/mol. The number of para-hydroxylation sites is 2. The summed E-state index contributed by atoms with van der Waals surface area (Å²) in [4.78, 5) is 31.4. The molecule has 0 aliphatic carbocycles. The molecule has 1 aromatic heterocycles. The number of fused-ring (bicyclic) bond motifs is 1. The van der Waals surface area contributed by atoms with E-state index in [1.54, 1.807) is 16.7 Å². The Morgan fingerprint density at radius 1 is 1.28 bits per heavy atom. The number of hydrogen-bond acceptors (Lipinski definition) is 4. The molecular formula is C26H35N3O3. The Balaban J connectivity index is 1.97. The van der Waals surface area contributed by atoms with Crippen LogP contribution in [0.1, 0.15) is 83.8 Å². The quantitative estimate of drug-likeness (QED) is 0.662. The highest BCUT2D eigenvalue weighted by Crippen LogP contribution is 2.33. The fraction of sp³-hybridized carbons (Fsp3) is 0.577. The van der Waals surface area contributed by atoms with E-state index in [-0.39, 0.29) is 23.5 Å². The van der Waals surface area contributed by atoms with Gasteiger partial charge in [0.2, 0.25) is 5.69 Å². The molecule has 0 bridgehead atoms. The van der Waals surface area contributed by atoms with E-state index >= 15 is 0 Å². The van der Waals surface area contributed by atoms with Crippen LogP contribution in [0.4, 0.5) is 0 Å². The van der Waals surface area contributed by atoms with Crippen LogP contribution in [0.3, 0.4) is 0 Å². The number of likely N-dealkylation sites (tertiary alicyclic amines) is 1. The van der Waals surface area contributed by atoms with Crippen LogP contribution >= 0.6 is 0 Å². The van der Waals surface area contributed by atoms with Crippen LogP contribution in [0.2, 0.25) is 0 Å². The fourth-order valence-corrected chi connectivity index (χ4v) is 4.81. The molecule has 3 rings (SSSR count). The number of carboxylic acid groups (broad SMARTS) is 1. The van der Waals surface area contributed by atoms with Gasteiger partial charge in [0.1, 0.15) is 0 Å². The Morgan fingerprint density at radius 3 is 2.59 bits per heavy atom. The smallest absolute Gasteiger partial charge is 0.360 e. The summed E-state index contributed by atoms with van der Waals surface area (Å²) in [5.74, 6) is 5.63. The number of hydrogen-bond donors (Lipinski definition) is 1. The maximum Gasteiger partial charge on any atom is 0.360 e. The van der Waals surface area contributed by atoms with E-state index in [2.05, 4.69) is 56.3 Å². The zero-order valence-electron chi connectivity index (χ0n) is 20.1. The molecule has 0 amide bonds. The number of nitrogens with zero attached hydrogens (tertiary/aromatic N) is 3. The van der Waals surface area contributed by atoms with Gasteiger partial charge in [0, 0.05) is 23.5 Å². The number of aromatic carboxylic acids is 1. The summed E-state index contributed by atoms with van der Waals surface area (Å²) in [5, 5.41) is 9.52. The summed E-state index contributed by atoms with van der Waals surface area (Å²) in [5.41, 5.74) is 0.188. The number of carbonyl (C=O) groups is 1. The molecule has 6 nitrogen and oxygen atoms in total. The van der Waals surface area contributed by atoms with Crippen LogP contribution in [0.25, 0.3) is 11.0 Å². The van der Waals surface area contributed by atoms with Crippen molar-refractivity contribution in [1.29, 1.82) is 0 Å². The molecule has 172 valence electrons. The molecule has 1 N–H and O–H groups in total. The third-order valence-corrected chi connectivity index (χ3v) is 6.26. The molecule has 1 aliphatic rings. The maximum atomic E-state index is 13.1. The lowest BCUT2D eigenvalue weighted by Crippen LogP contribution is -2.43. The zero-order chi connectivity index (χ0) is 23.6. The average Bonchev–Trinajstić information content (AvgIpc) is 3.07. The second-order valence-corrected chi connectivity index (χ2v) is 9.98. The molecule has 2 heterocycles. The van der Waals surface area contributed by atoms with E-state index in [0.717, 1.165) is 25.7 Å². The summed E-state index contributed by atoms with van der Waals surface area (Å²) < 4.78 is 1.62. The normalized spacial score (nSPS) is 21.2. The minimum Gasteiger partial charge on any atom is -0.476 e. The van der Waals surface area contributed by atoms with Gasteiger partial charge in [-0.1, -0.05) is 30.9 Å². The van der Waals surface area contributed by atoms with E-state index in [4.69, 9.17) is 0 Å². The Labute approximate surface area is 190 Å². The summed E-state index contributed by atoms with van der Waals surface area (Å²) in [6, 6.07) is 7.96. The van der Waals surface area contributed by atoms with Crippen molar-refractivity contribution in [3.8, 4) is 11.8 Å². The highest BCUT2D eigenvalue weighted by atomic mass is 16.4. The van der Waals surface area contributed by atoms with Crippen LogP contribution in [-0.2, 0) is 0 Å². The Hall–Kier alpha value is -2.65. The van der Waals surface area contributed by atoms with Crippen LogP contribution in [0.15, 0.2) is 29.1 Å². The number of carboxylic acids is 1. The molecule has 1 unspecified atom stereocenters. The van der Waals surface area contributed by atoms with Gasteiger partial charge in [-0.2, -0.15) is 0 Å². The fourth-order valence-electron chi connectivity index (χ4n) is 4.81. The zero-order valence-corrected chi connectivity index (χ0v) is 20.1. The first-order valence-corrected chi connectivity index (χ1v) is 11.6. The molecule has 32 heavy (non-hydrogen) atoms. The van der Waals surface area contributed by atoms with Crippen LogP contribution < -0.4 is 5.56 Å². The van der Waals surface area contributed by atoms with Crippen LogP contribution in [-0.4, -0.2) is 43.7 Å². The van der Waals surface area contributed by atoms with Crippen molar-refractivity contribution in [2.75, 3.05) is 0 Å². The van der Waals surface area contributed by atoms with Gasteiger partial charge in [-0.05, 0) is 72.4 Å². The van der Waals surface area contributed by atoms with Gasteiger partial charge < -0.3 is 9.67 Å². The highest BCUT2D eigenvalue weighted by molar-refractivity contribution is 5.88. The highest BCUT2D eigenvalue weighted by Gasteiger charge is 2.36. The van der Waals surface area contributed by atoms with Crippen molar-refractivity contribution >= 4 is 17.0 Å². The van der Waals surface area contributed by atoms with E-state index in [1.807, 2.05) is 19.1 Å². The first-order chi connectivity index (χ1) is 15.0. The molecule has 0 radical (unpaired) electrons. The van der Waals surface area contributed by atoms with Crippen molar-refractivity contribution in [2.45, 2.75) is 91.4 Å². The van der Waals surface area contributed by atoms with Crippen LogP contribution in [0, 0.1) is 17.3 Å². The first kappa shape index (κ1) is 24.0. The number of benzene rings is 1. The van der Waals surface area contributed by atoms with Gasteiger partial charge in [0.25, 0.3) is 5.56 Å². The third-order valence-electron chi connectivity index (χ3n) is 6.26. The van der Waals surface area contributed by atoms with Gasteiger partial charge in [-0.25, -0.2) is 9.78 Å². The van der Waals surface area contributed by atoms with Crippen molar-refractivity contribution in [3.63, 3.8) is 0 Å². The van der Waals surface area contributed by atoms with Crippen molar-refractivity contribution in [1.82, 2.24) is 14.5 Å². The van der Waals surface area contributed by atoms with E-state index < -0.39 is 17.2 Å². The summed E-state index contributed by atoms with van der Waals surface area (Å²) in [6.07, 6.45) is 3.84. The molecule has 1 aromatic carbocycles. The summed E-state index contributed by atoms with van der Waals surface area (Å²) in [6.45, 7) is 12.8. The topological polar surface area (TPSA) is 75.4 Å². The maximum absolute atomic E-state index is 13.1. The van der Waals surface area contributed by atoms with Crippen molar-refractivity contribution in [3.05, 3.63) is 40.3 Å². The van der Waals surface area contributed by atoms with Gasteiger partial charge >= 0.3 is 5.97 Å². The standard InChI is InChI=1S/C26H35N3O3/c1-7-19(14-15-26(4,5)6)28-17(2)12-13-20(28)16-18(3)29-22-11-9-8-10-21(22)27-23(24(29)30)25(31)32/h8-11,17-20H,7,12-13,16H2,1-6H3,(H,31,32)/t17-,18-,19?,20-/m0/s1. The predicted molar refractivity (Wildman–Crippen MR) is 128 cm³/mol. The predicted octanol–water partition coefficient (Wildman–Crippen LogP) is 4.73. The minimum atomic E-state index is -1.29. The molecule has 1 fully saturated rings. The number of rotatable bonds is 6.